The van der Waals surface area contributed by atoms with Gasteiger partial charge in [0.15, 0.2) is 5.82 Å². The number of carbonyl (C=O) groups is 3. The molecular formula is C56H67N11O5. The molecule has 72 heavy (non-hydrogen) atoms. The number of carbonyl (C=O) groups excluding carboxylic acids is 3. The largest absolute Gasteiger partial charge is 0.392 e. The van der Waals surface area contributed by atoms with Gasteiger partial charge >= 0.3 is 0 Å². The number of anilines is 6. The van der Waals surface area contributed by atoms with Crippen LogP contribution in [0.5, 0.6) is 0 Å². The molecule has 0 spiro atoms. The van der Waals surface area contributed by atoms with E-state index in [1.165, 1.54) is 52.4 Å². The maximum atomic E-state index is 14.1. The van der Waals surface area contributed by atoms with Crippen LogP contribution in [0.4, 0.5) is 34.4 Å². The Bertz CT molecular complexity index is 3040. The molecule has 1 atom stereocenters. The molecule has 3 fully saturated rings. The molecule has 6 aliphatic rings. The van der Waals surface area contributed by atoms with E-state index in [0.29, 0.717) is 64.9 Å². The molecule has 2 aromatic carbocycles. The molecule has 2 aliphatic carbocycles. The van der Waals surface area contributed by atoms with Crippen LogP contribution in [-0.4, -0.2) is 109 Å². The molecule has 0 bridgehead atoms. The number of nitrogens with zero attached hydrogens (tertiary/aromatic N) is 9. The number of aryl methyl sites for hydroxylation is 1. The van der Waals surface area contributed by atoms with Crippen LogP contribution in [0.15, 0.2) is 78.4 Å². The molecule has 16 nitrogen and oxygen atoms in total. The Morgan fingerprint density at radius 3 is 2.44 bits per heavy atom. The van der Waals surface area contributed by atoms with Gasteiger partial charge in [0.1, 0.15) is 11.5 Å². The highest BCUT2D eigenvalue weighted by Crippen LogP contribution is 2.42. The maximum Gasteiger partial charge on any atom is 0.293 e. The average molecular weight is 974 g/mol. The van der Waals surface area contributed by atoms with Crippen LogP contribution in [0.25, 0.3) is 11.3 Å². The van der Waals surface area contributed by atoms with E-state index in [2.05, 4.69) is 79.3 Å². The number of hydrogen-bond acceptors (Lipinski definition) is 11. The molecule has 4 aliphatic heterocycles. The first-order chi connectivity index (χ1) is 34.8. The van der Waals surface area contributed by atoms with Crippen molar-refractivity contribution in [2.75, 3.05) is 64.6 Å². The van der Waals surface area contributed by atoms with Gasteiger partial charge in [-0.3, -0.25) is 29.0 Å². The number of aliphatic hydroxyl groups excluding tert-OH is 1. The summed E-state index contributed by atoms with van der Waals surface area (Å²) in [7, 11) is 1.65. The lowest BCUT2D eigenvalue weighted by Gasteiger charge is -2.47. The molecule has 5 aromatic rings. The second-order valence-corrected chi connectivity index (χ2v) is 21.7. The van der Waals surface area contributed by atoms with Gasteiger partial charge in [0.05, 0.1) is 23.7 Å². The van der Waals surface area contributed by atoms with Crippen molar-refractivity contribution in [3.63, 3.8) is 0 Å². The number of hydrogen-bond donors (Lipinski definition) is 3. The van der Waals surface area contributed by atoms with Crippen LogP contribution in [0.2, 0.25) is 0 Å². The number of benzene rings is 2. The first kappa shape index (κ1) is 47.5. The number of fused-ring (bicyclic) bond motifs is 4. The zero-order valence-corrected chi connectivity index (χ0v) is 42.1. The number of piperidine rings is 1. The first-order valence-corrected chi connectivity index (χ1v) is 26.0. The molecule has 7 heterocycles. The summed E-state index contributed by atoms with van der Waals surface area (Å²) >= 11 is 0. The molecule has 3 amide bonds. The molecule has 11 rings (SSSR count). The number of pyridine rings is 1. The molecular weight excluding hydrogens is 907 g/mol. The third kappa shape index (κ3) is 8.65. The van der Waals surface area contributed by atoms with Gasteiger partial charge in [0, 0.05) is 129 Å². The second kappa shape index (κ2) is 19.0. The first-order valence-electron chi connectivity index (χ1n) is 26.0. The van der Waals surface area contributed by atoms with Crippen molar-refractivity contribution in [2.24, 2.45) is 12.5 Å². The highest BCUT2D eigenvalue weighted by atomic mass is 16.3. The molecule has 2 saturated heterocycles. The van der Waals surface area contributed by atoms with E-state index in [-0.39, 0.29) is 40.6 Å². The summed E-state index contributed by atoms with van der Waals surface area (Å²) in [6.45, 7) is 16.2. The Morgan fingerprint density at radius 1 is 0.875 bits per heavy atom. The van der Waals surface area contributed by atoms with Gasteiger partial charge in [-0.15, -0.1) is 0 Å². The number of piperazine rings is 1. The van der Waals surface area contributed by atoms with Gasteiger partial charge in [0.2, 0.25) is 5.91 Å². The minimum absolute atomic E-state index is 0.0508. The van der Waals surface area contributed by atoms with Gasteiger partial charge in [-0.05, 0) is 105 Å². The quantitative estimate of drug-likeness (QED) is 0.114. The predicted molar refractivity (Wildman–Crippen MR) is 281 cm³/mol. The fraction of sp³-hybridized carbons (Fsp3) is 0.464. The lowest BCUT2D eigenvalue weighted by Crippen LogP contribution is -2.57. The van der Waals surface area contributed by atoms with E-state index in [9.17, 15) is 24.3 Å². The van der Waals surface area contributed by atoms with Crippen LogP contribution < -0.4 is 30.9 Å². The molecule has 3 aromatic heterocycles. The van der Waals surface area contributed by atoms with Gasteiger partial charge in [-0.1, -0.05) is 45.8 Å². The molecule has 16 heteroatoms. The Labute approximate surface area is 421 Å². The highest BCUT2D eigenvalue weighted by molar-refractivity contribution is 6.06. The van der Waals surface area contributed by atoms with Crippen molar-refractivity contribution in [2.45, 2.75) is 116 Å². The molecule has 376 valence electrons. The average Bonchev–Trinajstić information content (AvgIpc) is 4.02. The van der Waals surface area contributed by atoms with E-state index in [1.807, 2.05) is 30.3 Å². The summed E-state index contributed by atoms with van der Waals surface area (Å²) in [5.41, 5.74) is 9.58. The predicted octanol–water partition coefficient (Wildman–Crippen LogP) is 7.26. The summed E-state index contributed by atoms with van der Waals surface area (Å²) in [5.74, 6) is 0.109. The summed E-state index contributed by atoms with van der Waals surface area (Å²) in [5, 5.41) is 17.1. The monoisotopic (exact) mass is 974 g/mol. The Hall–Kier alpha value is -6.78. The van der Waals surface area contributed by atoms with Gasteiger partial charge in [-0.25, -0.2) is 9.97 Å². The number of amides is 3. The maximum absolute atomic E-state index is 14.1. The fourth-order valence-electron chi connectivity index (χ4n) is 12.8. The fourth-order valence-corrected chi connectivity index (χ4v) is 12.8. The summed E-state index contributed by atoms with van der Waals surface area (Å²) in [6, 6.07) is 16.7. The minimum Gasteiger partial charge on any atom is -0.392 e. The number of aromatic nitrogens is 4. The zero-order chi connectivity index (χ0) is 50.0. The van der Waals surface area contributed by atoms with Crippen LogP contribution in [-0.2, 0) is 44.4 Å². The molecule has 1 unspecified atom stereocenters. The van der Waals surface area contributed by atoms with Crippen molar-refractivity contribution in [1.29, 1.82) is 0 Å². The number of rotatable bonds is 11. The lowest BCUT2D eigenvalue weighted by molar-refractivity contribution is -0.111. The topological polar surface area (TPSA) is 164 Å². The third-order valence-electron chi connectivity index (χ3n) is 16.4. The second-order valence-electron chi connectivity index (χ2n) is 21.7. The van der Waals surface area contributed by atoms with Crippen molar-refractivity contribution < 1.29 is 19.5 Å². The Morgan fingerprint density at radius 2 is 1.68 bits per heavy atom. The van der Waals surface area contributed by atoms with Crippen molar-refractivity contribution in [3.05, 3.63) is 118 Å². The molecule has 3 N–H and O–H groups in total. The minimum atomic E-state index is -0.403. The zero-order valence-electron chi connectivity index (χ0n) is 42.1. The lowest BCUT2D eigenvalue weighted by atomic mass is 9.90. The van der Waals surface area contributed by atoms with Gasteiger partial charge in [-0.2, -0.15) is 0 Å². The van der Waals surface area contributed by atoms with E-state index in [1.54, 1.807) is 30.4 Å². The van der Waals surface area contributed by atoms with E-state index in [0.717, 1.165) is 89.0 Å². The number of aliphatic hydroxyl groups is 1. The molecule has 1 saturated carbocycles. The van der Waals surface area contributed by atoms with Crippen LogP contribution >= 0.6 is 0 Å². The summed E-state index contributed by atoms with van der Waals surface area (Å²) in [4.78, 5) is 75.0. The highest BCUT2D eigenvalue weighted by Gasteiger charge is 2.39. The molecule has 0 radical (unpaired) electrons. The van der Waals surface area contributed by atoms with Crippen LogP contribution in [0.3, 0.4) is 0 Å². The SMILES string of the molecule is C=CC(=O)Nc1cc(Nc2nc(-c3ccnc(N4CCn5c(cc6c5CC(C)(C)C6)C4=O)c3CO)cn(C)c2=O)ccc1N1CCN(C2CCN(c3cccc4c3CN(C3CCCCC3)C4=O)CC2)CC1C. The van der Waals surface area contributed by atoms with E-state index in [4.69, 9.17) is 4.98 Å². The number of nitrogens with one attached hydrogen (secondary N) is 2. The standard InChI is InChI=1S/C56H67N11O5/c1-6-50(69)59-44-28-37(58-51-55(72)61(5)33-45(60-51)40-17-20-57-52(43(40)34-68)66-26-25-65-48(54(66)71)27-36-29-56(3,4)30-49(36)65)15-16-47(44)64-24-23-63(31-35(64)2)38-18-21-62(22-19-38)46-14-10-13-41-42(46)32-67(53(41)70)39-11-8-7-9-12-39/h6,10,13-17,20,27-28,33,35,38-39,68H,1,7-9,11-12,18-19,21-26,29-32,34H2,2-5H3,(H,58,60)(H,59,69). The normalized spacial score (nSPS) is 20.4. The smallest absolute Gasteiger partial charge is 0.293 e. The van der Waals surface area contributed by atoms with E-state index >= 15 is 0 Å². The Kier molecular flexibility index (Phi) is 12.5. The third-order valence-corrected chi connectivity index (χ3v) is 16.4. The summed E-state index contributed by atoms with van der Waals surface area (Å²) in [6.07, 6.45) is 14.3. The van der Waals surface area contributed by atoms with Gasteiger partial charge < -0.3 is 39.6 Å². The van der Waals surface area contributed by atoms with Crippen LogP contribution in [0, 0.1) is 5.41 Å². The van der Waals surface area contributed by atoms with Crippen LogP contribution in [0.1, 0.15) is 109 Å². The van der Waals surface area contributed by atoms with E-state index < -0.39 is 6.61 Å². The van der Waals surface area contributed by atoms with Gasteiger partial charge in [0.25, 0.3) is 17.4 Å². The van der Waals surface area contributed by atoms with Crippen molar-refractivity contribution >= 4 is 52.1 Å². The Balaban J connectivity index is 0.779. The van der Waals surface area contributed by atoms with Crippen molar-refractivity contribution in [3.8, 4) is 11.3 Å². The summed E-state index contributed by atoms with van der Waals surface area (Å²) < 4.78 is 3.59. The van der Waals surface area contributed by atoms with Crippen molar-refractivity contribution in [1.82, 2.24) is 28.9 Å².